The minimum Gasteiger partial charge on any atom is -0.278 e. The quantitative estimate of drug-likeness (QED) is 0.627. The maximum atomic E-state index is 5.52. The Hall–Kier alpha value is 0.310. The van der Waals surface area contributed by atoms with Crippen LogP contribution in [-0.2, 0) is 0 Å². The van der Waals surface area contributed by atoms with Gasteiger partial charge in [-0.3, -0.25) is 5.14 Å². The van der Waals surface area contributed by atoms with Crippen LogP contribution in [0.25, 0.3) is 0 Å². The topological polar surface area (TPSA) is 26.0 Å². The van der Waals surface area contributed by atoms with Gasteiger partial charge in [0, 0.05) is 5.25 Å². The SMILES string of the molecule is CC(SN)C1CCCCC1. The molecule has 0 spiro atoms. The molecule has 1 aliphatic carbocycles. The minimum atomic E-state index is 0.681. The van der Waals surface area contributed by atoms with Crippen molar-refractivity contribution in [3.8, 4) is 0 Å². The van der Waals surface area contributed by atoms with Gasteiger partial charge in [-0.1, -0.05) is 38.1 Å². The molecule has 1 saturated carbocycles. The first-order chi connectivity index (χ1) is 4.84. The lowest BCUT2D eigenvalue weighted by molar-refractivity contribution is 0.357. The van der Waals surface area contributed by atoms with Crippen LogP contribution in [0.15, 0.2) is 0 Å². The van der Waals surface area contributed by atoms with Gasteiger partial charge in [-0.15, -0.1) is 0 Å². The first-order valence-electron chi connectivity index (χ1n) is 4.20. The molecular weight excluding hydrogens is 142 g/mol. The van der Waals surface area contributed by atoms with Crippen molar-refractivity contribution in [1.82, 2.24) is 0 Å². The largest absolute Gasteiger partial charge is 0.278 e. The second kappa shape index (κ2) is 4.24. The molecule has 0 amide bonds. The minimum absolute atomic E-state index is 0.681. The van der Waals surface area contributed by atoms with E-state index in [9.17, 15) is 0 Å². The summed E-state index contributed by atoms with van der Waals surface area (Å²) in [6.45, 7) is 2.25. The molecule has 1 unspecified atom stereocenters. The Balaban J connectivity index is 2.24. The predicted octanol–water partition coefficient (Wildman–Crippen LogP) is 2.56. The second-order valence-corrected chi connectivity index (χ2v) is 4.26. The summed E-state index contributed by atoms with van der Waals surface area (Å²) >= 11 is 1.53. The van der Waals surface area contributed by atoms with Crippen LogP contribution in [-0.4, -0.2) is 5.25 Å². The Morgan fingerprint density at radius 1 is 1.30 bits per heavy atom. The molecule has 0 aromatic rings. The zero-order chi connectivity index (χ0) is 7.40. The van der Waals surface area contributed by atoms with Crippen LogP contribution in [0.3, 0.4) is 0 Å². The molecule has 2 heteroatoms. The smallest absolute Gasteiger partial charge is 0.0190 e. The third kappa shape index (κ3) is 2.17. The highest BCUT2D eigenvalue weighted by molar-refractivity contribution is 7.97. The molecule has 0 aromatic carbocycles. The molecular formula is C8H17NS. The molecule has 1 atom stereocenters. The van der Waals surface area contributed by atoms with Crippen molar-refractivity contribution in [2.24, 2.45) is 11.1 Å². The maximum absolute atomic E-state index is 5.52. The molecule has 0 bridgehead atoms. The molecule has 0 heterocycles. The zero-order valence-corrected chi connectivity index (χ0v) is 7.49. The normalized spacial score (nSPS) is 24.6. The third-order valence-corrected chi connectivity index (χ3v) is 3.34. The highest BCUT2D eigenvalue weighted by Crippen LogP contribution is 2.30. The van der Waals surface area contributed by atoms with Crippen LogP contribution in [0.1, 0.15) is 39.0 Å². The monoisotopic (exact) mass is 159 g/mol. The van der Waals surface area contributed by atoms with E-state index in [1.54, 1.807) is 0 Å². The third-order valence-electron chi connectivity index (χ3n) is 2.53. The van der Waals surface area contributed by atoms with Crippen molar-refractivity contribution >= 4 is 11.9 Å². The second-order valence-electron chi connectivity index (χ2n) is 3.24. The van der Waals surface area contributed by atoms with Gasteiger partial charge in [0.05, 0.1) is 0 Å². The molecule has 1 nitrogen and oxygen atoms in total. The van der Waals surface area contributed by atoms with E-state index in [0.29, 0.717) is 5.25 Å². The van der Waals surface area contributed by atoms with Gasteiger partial charge in [-0.2, -0.15) is 0 Å². The van der Waals surface area contributed by atoms with E-state index in [4.69, 9.17) is 5.14 Å². The van der Waals surface area contributed by atoms with Crippen molar-refractivity contribution in [2.45, 2.75) is 44.3 Å². The molecule has 1 fully saturated rings. The van der Waals surface area contributed by atoms with Gasteiger partial charge in [0.15, 0.2) is 0 Å². The fourth-order valence-corrected chi connectivity index (χ4v) is 2.21. The summed E-state index contributed by atoms with van der Waals surface area (Å²) < 4.78 is 0. The van der Waals surface area contributed by atoms with Crippen LogP contribution in [0, 0.1) is 5.92 Å². The molecule has 1 aliphatic rings. The Kier molecular flexibility index (Phi) is 3.57. The van der Waals surface area contributed by atoms with Crippen LogP contribution < -0.4 is 5.14 Å². The van der Waals surface area contributed by atoms with Crippen molar-refractivity contribution in [2.75, 3.05) is 0 Å². The highest BCUT2D eigenvalue weighted by atomic mass is 32.2. The van der Waals surface area contributed by atoms with Gasteiger partial charge in [0.1, 0.15) is 0 Å². The van der Waals surface area contributed by atoms with E-state index in [2.05, 4.69) is 6.92 Å². The van der Waals surface area contributed by atoms with E-state index in [-0.39, 0.29) is 0 Å². The number of rotatable bonds is 2. The molecule has 1 rings (SSSR count). The summed E-state index contributed by atoms with van der Waals surface area (Å²) in [7, 11) is 0. The van der Waals surface area contributed by atoms with Crippen LogP contribution in [0.2, 0.25) is 0 Å². The Labute approximate surface area is 67.9 Å². The number of nitrogens with two attached hydrogens (primary N) is 1. The van der Waals surface area contributed by atoms with Gasteiger partial charge in [0.2, 0.25) is 0 Å². The van der Waals surface area contributed by atoms with Crippen LogP contribution in [0.5, 0.6) is 0 Å². The van der Waals surface area contributed by atoms with Gasteiger partial charge >= 0.3 is 0 Å². The molecule has 0 radical (unpaired) electrons. The summed E-state index contributed by atoms with van der Waals surface area (Å²) in [4.78, 5) is 0. The summed E-state index contributed by atoms with van der Waals surface area (Å²) in [5.74, 6) is 0.906. The molecule has 0 saturated heterocycles. The summed E-state index contributed by atoms with van der Waals surface area (Å²) in [6.07, 6.45) is 7.11. The van der Waals surface area contributed by atoms with E-state index >= 15 is 0 Å². The molecule has 60 valence electrons. The Morgan fingerprint density at radius 2 is 1.90 bits per heavy atom. The van der Waals surface area contributed by atoms with E-state index < -0.39 is 0 Å². The van der Waals surface area contributed by atoms with Crippen molar-refractivity contribution < 1.29 is 0 Å². The standard InChI is InChI=1S/C8H17NS/c1-7(10-9)8-5-3-2-4-6-8/h7-8H,2-6,9H2,1H3. The van der Waals surface area contributed by atoms with Crippen molar-refractivity contribution in [1.29, 1.82) is 0 Å². The average molecular weight is 159 g/mol. The average Bonchev–Trinajstić information content (AvgIpc) is 2.05. The van der Waals surface area contributed by atoms with E-state index in [1.165, 1.54) is 44.1 Å². The highest BCUT2D eigenvalue weighted by Gasteiger charge is 2.18. The maximum Gasteiger partial charge on any atom is 0.0190 e. The number of hydrogen-bond acceptors (Lipinski definition) is 2. The fraction of sp³-hybridized carbons (Fsp3) is 1.00. The molecule has 10 heavy (non-hydrogen) atoms. The Morgan fingerprint density at radius 3 is 2.40 bits per heavy atom. The lowest BCUT2D eigenvalue weighted by Crippen LogP contribution is -2.18. The first kappa shape index (κ1) is 8.41. The van der Waals surface area contributed by atoms with Gasteiger partial charge in [0.25, 0.3) is 0 Å². The fourth-order valence-electron chi connectivity index (χ4n) is 1.71. The predicted molar refractivity (Wildman–Crippen MR) is 47.8 cm³/mol. The van der Waals surface area contributed by atoms with Crippen LogP contribution in [0.4, 0.5) is 0 Å². The van der Waals surface area contributed by atoms with Gasteiger partial charge < -0.3 is 0 Å². The van der Waals surface area contributed by atoms with Crippen molar-refractivity contribution in [3.63, 3.8) is 0 Å². The van der Waals surface area contributed by atoms with E-state index in [1.807, 2.05) is 0 Å². The summed E-state index contributed by atoms with van der Waals surface area (Å²) in [6, 6.07) is 0. The molecule has 2 N–H and O–H groups in total. The molecule has 0 aromatic heterocycles. The summed E-state index contributed by atoms with van der Waals surface area (Å²) in [5, 5.41) is 6.20. The van der Waals surface area contributed by atoms with Crippen molar-refractivity contribution in [3.05, 3.63) is 0 Å². The first-order valence-corrected chi connectivity index (χ1v) is 5.14. The van der Waals surface area contributed by atoms with Gasteiger partial charge in [-0.05, 0) is 18.8 Å². The zero-order valence-electron chi connectivity index (χ0n) is 6.68. The number of hydrogen-bond donors (Lipinski definition) is 1. The Bertz CT molecular complexity index is 89.3. The lowest BCUT2D eigenvalue weighted by atomic mass is 9.87. The van der Waals surface area contributed by atoms with E-state index in [0.717, 1.165) is 5.92 Å². The summed E-state index contributed by atoms with van der Waals surface area (Å²) in [5.41, 5.74) is 0. The van der Waals surface area contributed by atoms with Crippen LogP contribution >= 0.6 is 11.9 Å². The lowest BCUT2D eigenvalue weighted by Gasteiger charge is -2.25. The van der Waals surface area contributed by atoms with Gasteiger partial charge in [-0.25, -0.2) is 0 Å². The molecule has 0 aliphatic heterocycles.